The molecule has 0 atom stereocenters. The van der Waals surface area contributed by atoms with E-state index in [2.05, 4.69) is 0 Å². The maximum Gasteiger partial charge on any atom is 0.339 e. The second kappa shape index (κ2) is 5.21. The number of aromatic carboxylic acids is 1. The van der Waals surface area contributed by atoms with Crippen molar-refractivity contribution in [1.29, 1.82) is 0 Å². The molecule has 0 unspecified atom stereocenters. The minimum Gasteiger partial charge on any atom is -0.492 e. The van der Waals surface area contributed by atoms with E-state index in [1.807, 2.05) is 48.6 Å². The van der Waals surface area contributed by atoms with E-state index in [1.54, 1.807) is 6.07 Å². The summed E-state index contributed by atoms with van der Waals surface area (Å²) in [5.41, 5.74) is 3.18. The molecule has 3 nitrogen and oxygen atoms in total. The molecule has 1 N–H and O–H groups in total. The van der Waals surface area contributed by atoms with Crippen molar-refractivity contribution in [1.82, 2.24) is 0 Å². The molecule has 3 rings (SSSR count). The van der Waals surface area contributed by atoms with Gasteiger partial charge in [0.1, 0.15) is 11.3 Å². The molecule has 0 fully saturated rings. The van der Waals surface area contributed by atoms with Crippen LogP contribution in [0.15, 0.2) is 42.5 Å². The van der Waals surface area contributed by atoms with Crippen molar-refractivity contribution in [2.45, 2.75) is 6.42 Å². The quantitative estimate of drug-likeness (QED) is 0.865. The van der Waals surface area contributed by atoms with E-state index < -0.39 is 5.97 Å². The summed E-state index contributed by atoms with van der Waals surface area (Å²) >= 11 is 0. The van der Waals surface area contributed by atoms with Crippen LogP contribution in [0, 0.1) is 0 Å². The van der Waals surface area contributed by atoms with Gasteiger partial charge in [-0.25, -0.2) is 4.79 Å². The number of carboxylic acids is 1. The van der Waals surface area contributed by atoms with Crippen LogP contribution in [0.25, 0.3) is 12.2 Å². The first kappa shape index (κ1) is 12.5. The van der Waals surface area contributed by atoms with Crippen LogP contribution in [-0.2, 0) is 6.42 Å². The van der Waals surface area contributed by atoms with Gasteiger partial charge in [-0.05, 0) is 28.8 Å². The van der Waals surface area contributed by atoms with Gasteiger partial charge in [-0.15, -0.1) is 0 Å². The minimum atomic E-state index is -0.946. The van der Waals surface area contributed by atoms with Gasteiger partial charge in [-0.3, -0.25) is 0 Å². The number of benzene rings is 2. The molecule has 0 bridgehead atoms. The third-order valence-corrected chi connectivity index (χ3v) is 3.30. The molecule has 1 aliphatic rings. The van der Waals surface area contributed by atoms with Crippen molar-refractivity contribution in [3.63, 3.8) is 0 Å². The van der Waals surface area contributed by atoms with Gasteiger partial charge in [0.15, 0.2) is 0 Å². The van der Waals surface area contributed by atoms with E-state index in [1.165, 1.54) is 0 Å². The van der Waals surface area contributed by atoms with E-state index >= 15 is 0 Å². The molecule has 0 spiro atoms. The number of carboxylic acid groups (broad SMARTS) is 1. The Morgan fingerprint density at radius 1 is 1.10 bits per heavy atom. The fourth-order valence-electron chi connectivity index (χ4n) is 2.34. The van der Waals surface area contributed by atoms with Crippen LogP contribution >= 0.6 is 0 Å². The summed E-state index contributed by atoms with van der Waals surface area (Å²) in [7, 11) is 0. The highest BCUT2D eigenvalue weighted by molar-refractivity contribution is 5.93. The Balaban J connectivity index is 1.97. The molecule has 2 aromatic carbocycles. The molecule has 0 aromatic heterocycles. The Labute approximate surface area is 117 Å². The van der Waals surface area contributed by atoms with E-state index in [0.29, 0.717) is 12.4 Å². The van der Waals surface area contributed by atoms with Crippen LogP contribution in [0.3, 0.4) is 0 Å². The summed E-state index contributed by atoms with van der Waals surface area (Å²) in [5.74, 6) is -0.424. The fraction of sp³-hybridized carbons (Fsp3) is 0.118. The second-order valence-corrected chi connectivity index (χ2v) is 4.70. The Morgan fingerprint density at radius 2 is 1.85 bits per heavy atom. The lowest BCUT2D eigenvalue weighted by Crippen LogP contribution is -2.00. The molecule has 2 aromatic rings. The molecule has 20 heavy (non-hydrogen) atoms. The average Bonchev–Trinajstić information content (AvgIpc) is 2.93. The van der Waals surface area contributed by atoms with E-state index in [-0.39, 0.29) is 5.56 Å². The predicted octanol–water partition coefficient (Wildman–Crippen LogP) is 3.49. The zero-order valence-corrected chi connectivity index (χ0v) is 10.9. The third kappa shape index (κ3) is 2.43. The van der Waals surface area contributed by atoms with Crippen molar-refractivity contribution < 1.29 is 14.6 Å². The van der Waals surface area contributed by atoms with Crippen molar-refractivity contribution in [3.05, 3.63) is 64.7 Å². The normalized spacial score (nSPS) is 13.2. The summed E-state index contributed by atoms with van der Waals surface area (Å²) in [6, 6.07) is 13.6. The number of carbonyl (C=O) groups is 1. The van der Waals surface area contributed by atoms with E-state index in [9.17, 15) is 9.90 Å². The molecular weight excluding hydrogens is 252 g/mol. The van der Waals surface area contributed by atoms with Crippen molar-refractivity contribution in [2.75, 3.05) is 6.61 Å². The first-order chi connectivity index (χ1) is 9.74. The number of hydrogen-bond donors (Lipinski definition) is 1. The number of rotatable bonds is 3. The Kier molecular flexibility index (Phi) is 3.25. The second-order valence-electron chi connectivity index (χ2n) is 4.70. The van der Waals surface area contributed by atoms with Crippen LogP contribution in [0.4, 0.5) is 0 Å². The van der Waals surface area contributed by atoms with Gasteiger partial charge in [0.2, 0.25) is 0 Å². The van der Waals surface area contributed by atoms with Crippen molar-refractivity contribution in [3.8, 4) is 5.75 Å². The summed E-state index contributed by atoms with van der Waals surface area (Å²) in [6.45, 7) is 0.557. The first-order valence-corrected chi connectivity index (χ1v) is 6.50. The Morgan fingerprint density at radius 3 is 2.60 bits per heavy atom. The first-order valence-electron chi connectivity index (χ1n) is 6.50. The fourth-order valence-corrected chi connectivity index (χ4v) is 2.34. The van der Waals surface area contributed by atoms with Crippen LogP contribution < -0.4 is 4.74 Å². The van der Waals surface area contributed by atoms with E-state index in [4.69, 9.17) is 4.74 Å². The molecule has 1 aliphatic heterocycles. The minimum absolute atomic E-state index is 0.243. The van der Waals surface area contributed by atoms with Crippen LogP contribution in [0.2, 0.25) is 0 Å². The van der Waals surface area contributed by atoms with Crippen LogP contribution in [-0.4, -0.2) is 17.7 Å². The lowest BCUT2D eigenvalue weighted by atomic mass is 10.0. The Bertz CT molecular complexity index is 672. The third-order valence-electron chi connectivity index (χ3n) is 3.30. The van der Waals surface area contributed by atoms with Crippen LogP contribution in [0.5, 0.6) is 5.75 Å². The molecule has 0 amide bonds. The summed E-state index contributed by atoms with van der Waals surface area (Å²) < 4.78 is 5.40. The zero-order chi connectivity index (χ0) is 13.9. The molecule has 0 aliphatic carbocycles. The maximum absolute atomic E-state index is 11.3. The van der Waals surface area contributed by atoms with Gasteiger partial charge in [0.25, 0.3) is 0 Å². The van der Waals surface area contributed by atoms with Gasteiger partial charge in [0.05, 0.1) is 6.61 Å². The van der Waals surface area contributed by atoms with Crippen LogP contribution in [0.1, 0.15) is 27.0 Å². The van der Waals surface area contributed by atoms with E-state index in [0.717, 1.165) is 23.1 Å². The average molecular weight is 266 g/mol. The Hall–Kier alpha value is -2.55. The van der Waals surface area contributed by atoms with Gasteiger partial charge < -0.3 is 9.84 Å². The summed E-state index contributed by atoms with van der Waals surface area (Å²) in [4.78, 5) is 11.3. The van der Waals surface area contributed by atoms with Gasteiger partial charge in [0, 0.05) is 6.42 Å². The number of ether oxygens (including phenoxy) is 1. The van der Waals surface area contributed by atoms with Gasteiger partial charge in [-0.1, -0.05) is 42.5 Å². The SMILES string of the molecule is O=C(O)c1cc(/C=C/c2ccccc2)cc2c1OCC2. The molecule has 100 valence electrons. The van der Waals surface area contributed by atoms with Crippen molar-refractivity contribution in [2.24, 2.45) is 0 Å². The maximum atomic E-state index is 11.3. The largest absolute Gasteiger partial charge is 0.492 e. The zero-order valence-electron chi connectivity index (χ0n) is 10.9. The molecular formula is C17H14O3. The highest BCUT2D eigenvalue weighted by Gasteiger charge is 2.21. The van der Waals surface area contributed by atoms with Gasteiger partial charge in [-0.2, -0.15) is 0 Å². The smallest absolute Gasteiger partial charge is 0.339 e. The lowest BCUT2D eigenvalue weighted by molar-refractivity contribution is 0.0693. The summed E-state index contributed by atoms with van der Waals surface area (Å²) in [6.07, 6.45) is 4.67. The molecule has 0 radical (unpaired) electrons. The molecule has 0 saturated heterocycles. The van der Waals surface area contributed by atoms with Gasteiger partial charge >= 0.3 is 5.97 Å². The monoisotopic (exact) mass is 266 g/mol. The summed E-state index contributed by atoms with van der Waals surface area (Å²) in [5, 5.41) is 9.25. The molecule has 1 heterocycles. The highest BCUT2D eigenvalue weighted by atomic mass is 16.5. The number of hydrogen-bond acceptors (Lipinski definition) is 2. The number of fused-ring (bicyclic) bond motifs is 1. The molecule has 3 heteroatoms. The topological polar surface area (TPSA) is 46.5 Å². The lowest BCUT2D eigenvalue weighted by Gasteiger charge is -2.05. The predicted molar refractivity (Wildman–Crippen MR) is 78.0 cm³/mol. The van der Waals surface area contributed by atoms with Crippen molar-refractivity contribution >= 4 is 18.1 Å². The standard InChI is InChI=1S/C17H14O3/c18-17(19)15-11-13(10-14-8-9-20-16(14)15)7-6-12-4-2-1-3-5-12/h1-7,10-11H,8-9H2,(H,18,19)/b7-6+. The molecule has 0 saturated carbocycles. The highest BCUT2D eigenvalue weighted by Crippen LogP contribution is 2.31.